The van der Waals surface area contributed by atoms with Gasteiger partial charge in [-0.15, -0.1) is 0 Å². The lowest BCUT2D eigenvalue weighted by molar-refractivity contribution is 0.240. The second kappa shape index (κ2) is 10.1. The van der Waals surface area contributed by atoms with Crippen molar-refractivity contribution in [3.8, 4) is 0 Å². The SMILES string of the molecule is CCCC1CC(CC)=C(C)C(CN2CC(CO)C3=C(Cl)CCC=C(CC)N=C32)=N1. The predicted molar refractivity (Wildman–Crippen MR) is 124 cm³/mol. The van der Waals surface area contributed by atoms with Crippen LogP contribution in [0.2, 0.25) is 0 Å². The van der Waals surface area contributed by atoms with Gasteiger partial charge in [-0.05, 0) is 51.0 Å². The minimum atomic E-state index is 0.0306. The van der Waals surface area contributed by atoms with Gasteiger partial charge >= 0.3 is 0 Å². The van der Waals surface area contributed by atoms with E-state index in [1.54, 1.807) is 0 Å². The highest BCUT2D eigenvalue weighted by Crippen LogP contribution is 2.35. The Morgan fingerprint density at radius 2 is 2.03 bits per heavy atom. The van der Waals surface area contributed by atoms with Crippen LogP contribution in [0.4, 0.5) is 0 Å². The summed E-state index contributed by atoms with van der Waals surface area (Å²) in [6.45, 7) is 10.5. The van der Waals surface area contributed by atoms with Gasteiger partial charge in [0.2, 0.25) is 0 Å². The summed E-state index contributed by atoms with van der Waals surface area (Å²) in [7, 11) is 0. The van der Waals surface area contributed by atoms with Gasteiger partial charge in [0.05, 0.1) is 24.9 Å². The second-order valence-corrected chi connectivity index (χ2v) is 8.86. The molecule has 1 N–H and O–H groups in total. The zero-order valence-corrected chi connectivity index (χ0v) is 19.2. The van der Waals surface area contributed by atoms with Crippen LogP contribution in [0, 0.1) is 5.92 Å². The number of rotatable bonds is 7. The summed E-state index contributed by atoms with van der Waals surface area (Å²) in [6, 6.07) is 0.397. The van der Waals surface area contributed by atoms with Crippen molar-refractivity contribution in [2.45, 2.75) is 78.7 Å². The molecule has 1 fully saturated rings. The lowest BCUT2D eigenvalue weighted by atomic mass is 9.91. The zero-order valence-electron chi connectivity index (χ0n) is 18.5. The highest BCUT2D eigenvalue weighted by atomic mass is 35.5. The van der Waals surface area contributed by atoms with Crippen molar-refractivity contribution >= 4 is 23.1 Å². The molecule has 0 aromatic heterocycles. The molecule has 0 bridgehead atoms. The molecule has 3 aliphatic heterocycles. The minimum Gasteiger partial charge on any atom is -0.396 e. The van der Waals surface area contributed by atoms with E-state index in [9.17, 15) is 5.11 Å². The molecule has 160 valence electrons. The molecule has 1 saturated heterocycles. The van der Waals surface area contributed by atoms with Gasteiger partial charge in [0, 0.05) is 28.8 Å². The van der Waals surface area contributed by atoms with Gasteiger partial charge in [0.15, 0.2) is 0 Å². The molecule has 4 nitrogen and oxygen atoms in total. The van der Waals surface area contributed by atoms with Crippen LogP contribution in [-0.2, 0) is 0 Å². The fraction of sp³-hybridized carbons (Fsp3) is 0.667. The molecule has 0 amide bonds. The molecule has 0 aliphatic carbocycles. The van der Waals surface area contributed by atoms with Crippen molar-refractivity contribution in [2.24, 2.45) is 15.9 Å². The molecule has 3 aliphatic rings. The van der Waals surface area contributed by atoms with E-state index in [0.29, 0.717) is 6.04 Å². The smallest absolute Gasteiger partial charge is 0.134 e. The van der Waals surface area contributed by atoms with Crippen molar-refractivity contribution in [3.63, 3.8) is 0 Å². The standard InChI is InChI=1S/C24H36ClN3O/c1-5-9-20-12-17(6-2)16(4)22(26-20)14-28-13-18(15-29)23-21(25)11-8-10-19(7-3)27-24(23)28/h10,18,20,29H,5-9,11-15H2,1-4H3. The van der Waals surface area contributed by atoms with Crippen molar-refractivity contribution in [3.05, 3.63) is 33.5 Å². The van der Waals surface area contributed by atoms with Crippen LogP contribution in [0.1, 0.15) is 72.6 Å². The van der Waals surface area contributed by atoms with E-state index in [2.05, 4.69) is 38.7 Å². The van der Waals surface area contributed by atoms with Crippen LogP contribution in [0.15, 0.2) is 43.5 Å². The Morgan fingerprint density at radius 1 is 1.24 bits per heavy atom. The molecule has 0 saturated carbocycles. The molecular weight excluding hydrogens is 382 g/mol. The molecular formula is C24H36ClN3O. The average molecular weight is 418 g/mol. The quantitative estimate of drug-likeness (QED) is 0.583. The number of fused-ring (bicyclic) bond motifs is 1. The Kier molecular flexibility index (Phi) is 7.75. The topological polar surface area (TPSA) is 48.2 Å². The van der Waals surface area contributed by atoms with Crippen LogP contribution in [0.3, 0.4) is 0 Å². The van der Waals surface area contributed by atoms with Gasteiger partial charge in [-0.1, -0.05) is 50.4 Å². The van der Waals surface area contributed by atoms with Gasteiger partial charge in [0.1, 0.15) is 5.84 Å². The van der Waals surface area contributed by atoms with Crippen molar-refractivity contribution < 1.29 is 5.11 Å². The number of allylic oxidation sites excluding steroid dienone is 3. The van der Waals surface area contributed by atoms with E-state index in [4.69, 9.17) is 21.6 Å². The minimum absolute atomic E-state index is 0.0306. The maximum absolute atomic E-state index is 10.0. The summed E-state index contributed by atoms with van der Waals surface area (Å²) in [5.74, 6) is 0.982. The van der Waals surface area contributed by atoms with Crippen LogP contribution in [-0.4, -0.2) is 47.3 Å². The second-order valence-electron chi connectivity index (χ2n) is 8.41. The van der Waals surface area contributed by atoms with E-state index >= 15 is 0 Å². The number of aliphatic hydroxyl groups excluding tert-OH is 1. The number of hydrogen-bond donors (Lipinski definition) is 1. The number of dihydropyridines is 1. The van der Waals surface area contributed by atoms with Crippen LogP contribution in [0.25, 0.3) is 0 Å². The zero-order chi connectivity index (χ0) is 21.0. The summed E-state index contributed by atoms with van der Waals surface area (Å²) < 4.78 is 0. The maximum atomic E-state index is 10.0. The van der Waals surface area contributed by atoms with Gasteiger partial charge in [-0.3, -0.25) is 4.99 Å². The lowest BCUT2D eigenvalue weighted by Gasteiger charge is -2.28. The highest BCUT2D eigenvalue weighted by molar-refractivity contribution is 6.32. The Hall–Kier alpha value is -1.39. The van der Waals surface area contributed by atoms with Gasteiger partial charge in [-0.2, -0.15) is 0 Å². The molecule has 0 aromatic rings. The molecule has 3 heterocycles. The number of likely N-dealkylation sites (tertiary alicyclic amines) is 1. The first kappa shape index (κ1) is 22.3. The Morgan fingerprint density at radius 3 is 2.69 bits per heavy atom. The normalized spacial score (nSPS) is 25.4. The number of amidine groups is 1. The van der Waals surface area contributed by atoms with Crippen molar-refractivity contribution in [1.82, 2.24) is 4.90 Å². The molecule has 5 heteroatoms. The third-order valence-corrected chi connectivity index (χ3v) is 6.82. The molecule has 2 unspecified atom stereocenters. The number of hydrogen-bond acceptors (Lipinski definition) is 4. The first-order chi connectivity index (χ1) is 14.0. The largest absolute Gasteiger partial charge is 0.396 e. The van der Waals surface area contributed by atoms with Gasteiger partial charge < -0.3 is 10.0 Å². The van der Waals surface area contributed by atoms with Gasteiger partial charge in [0.25, 0.3) is 0 Å². The monoisotopic (exact) mass is 417 g/mol. The summed E-state index contributed by atoms with van der Waals surface area (Å²) >= 11 is 6.70. The highest BCUT2D eigenvalue weighted by Gasteiger charge is 2.36. The fourth-order valence-electron chi connectivity index (χ4n) is 4.72. The number of aliphatic imine (C=N–C) groups is 2. The van der Waals surface area contributed by atoms with Crippen LogP contribution < -0.4 is 0 Å². The van der Waals surface area contributed by atoms with E-state index in [-0.39, 0.29) is 12.5 Å². The van der Waals surface area contributed by atoms with E-state index in [1.807, 2.05) is 0 Å². The average Bonchev–Trinajstić information content (AvgIpc) is 3.04. The summed E-state index contributed by atoms with van der Waals surface area (Å²) in [5, 5.41) is 10.9. The molecule has 0 radical (unpaired) electrons. The number of aliphatic hydroxyl groups is 1. The Labute approximate surface area is 181 Å². The Bertz CT molecular complexity index is 775. The molecule has 0 aromatic carbocycles. The van der Waals surface area contributed by atoms with E-state index in [1.165, 1.54) is 16.9 Å². The first-order valence-electron chi connectivity index (χ1n) is 11.3. The van der Waals surface area contributed by atoms with Crippen LogP contribution >= 0.6 is 11.6 Å². The first-order valence-corrected chi connectivity index (χ1v) is 11.7. The molecule has 3 rings (SSSR count). The third kappa shape index (κ3) is 4.86. The summed E-state index contributed by atoms with van der Waals surface area (Å²) in [4.78, 5) is 12.5. The summed E-state index contributed by atoms with van der Waals surface area (Å²) in [5.41, 5.74) is 6.23. The maximum Gasteiger partial charge on any atom is 0.134 e. The van der Waals surface area contributed by atoms with Crippen molar-refractivity contribution in [2.75, 3.05) is 19.7 Å². The molecule has 29 heavy (non-hydrogen) atoms. The summed E-state index contributed by atoms with van der Waals surface area (Å²) in [6.07, 6.45) is 9.32. The third-order valence-electron chi connectivity index (χ3n) is 6.43. The fourth-order valence-corrected chi connectivity index (χ4v) is 5.07. The van der Waals surface area contributed by atoms with E-state index < -0.39 is 0 Å². The Balaban J connectivity index is 1.97. The molecule has 2 atom stereocenters. The lowest BCUT2D eigenvalue weighted by Crippen LogP contribution is -2.35. The predicted octanol–water partition coefficient (Wildman–Crippen LogP) is 5.63. The van der Waals surface area contributed by atoms with Crippen molar-refractivity contribution in [1.29, 1.82) is 0 Å². The number of nitrogens with zero attached hydrogens (tertiary/aromatic N) is 3. The van der Waals surface area contributed by atoms with Gasteiger partial charge in [-0.25, -0.2) is 4.99 Å². The number of halogens is 1. The van der Waals surface area contributed by atoms with Crippen LogP contribution in [0.5, 0.6) is 0 Å². The van der Waals surface area contributed by atoms with E-state index in [0.717, 1.165) is 80.2 Å². The molecule has 0 spiro atoms.